The second kappa shape index (κ2) is 6.24. The number of morpholine rings is 1. The lowest BCUT2D eigenvalue weighted by molar-refractivity contribution is 0.122. The first-order valence-corrected chi connectivity index (χ1v) is 7.13. The first-order valence-electron chi connectivity index (χ1n) is 6.75. The molecule has 0 aliphatic carbocycles. The van der Waals surface area contributed by atoms with Gasteiger partial charge in [0.25, 0.3) is 0 Å². The fourth-order valence-corrected chi connectivity index (χ4v) is 2.35. The summed E-state index contributed by atoms with van der Waals surface area (Å²) in [5.41, 5.74) is 0.959. The molecule has 21 heavy (non-hydrogen) atoms. The number of hydrogen-bond acceptors (Lipinski definition) is 6. The summed E-state index contributed by atoms with van der Waals surface area (Å²) in [6, 6.07) is 5.59. The number of pyridine rings is 1. The van der Waals surface area contributed by atoms with Crippen molar-refractivity contribution in [2.45, 2.75) is 0 Å². The van der Waals surface area contributed by atoms with Crippen molar-refractivity contribution in [1.82, 2.24) is 15.0 Å². The van der Waals surface area contributed by atoms with E-state index in [0.717, 1.165) is 24.6 Å². The number of rotatable bonds is 3. The molecule has 0 amide bonds. The van der Waals surface area contributed by atoms with Crippen LogP contribution in [0.15, 0.2) is 30.6 Å². The third-order valence-corrected chi connectivity index (χ3v) is 3.55. The van der Waals surface area contributed by atoms with Crippen LogP contribution in [0.4, 0.5) is 17.5 Å². The Morgan fingerprint density at radius 1 is 1.19 bits per heavy atom. The van der Waals surface area contributed by atoms with Crippen molar-refractivity contribution in [1.29, 1.82) is 0 Å². The molecule has 1 aliphatic heterocycles. The molecule has 0 aromatic carbocycles. The number of aromatic nitrogens is 3. The fourth-order valence-electron chi connectivity index (χ4n) is 2.18. The van der Waals surface area contributed by atoms with Gasteiger partial charge in [-0.25, -0.2) is 4.98 Å². The van der Waals surface area contributed by atoms with Crippen molar-refractivity contribution in [2.24, 2.45) is 0 Å². The second-order valence-electron chi connectivity index (χ2n) is 4.71. The third kappa shape index (κ3) is 3.22. The topological polar surface area (TPSA) is 54.4 Å². The van der Waals surface area contributed by atoms with E-state index in [9.17, 15) is 0 Å². The Morgan fingerprint density at radius 2 is 1.90 bits per heavy atom. The van der Waals surface area contributed by atoms with E-state index in [0.29, 0.717) is 24.3 Å². The largest absolute Gasteiger partial charge is 0.378 e. The SMILES string of the molecule is CN(c1ccncc1)c1nc(Cl)cc(N2CCOCC2)n1. The van der Waals surface area contributed by atoms with Crippen molar-refractivity contribution in [2.75, 3.05) is 43.2 Å². The van der Waals surface area contributed by atoms with E-state index in [1.807, 2.05) is 24.1 Å². The Balaban J connectivity index is 1.90. The zero-order valence-electron chi connectivity index (χ0n) is 11.7. The van der Waals surface area contributed by atoms with Gasteiger partial charge in [-0.1, -0.05) is 11.6 Å². The number of hydrogen-bond donors (Lipinski definition) is 0. The van der Waals surface area contributed by atoms with E-state index in [1.54, 1.807) is 18.5 Å². The summed E-state index contributed by atoms with van der Waals surface area (Å²) in [6.07, 6.45) is 3.47. The molecule has 1 fully saturated rings. The summed E-state index contributed by atoms with van der Waals surface area (Å²) in [4.78, 5) is 17.0. The zero-order valence-corrected chi connectivity index (χ0v) is 12.5. The summed E-state index contributed by atoms with van der Waals surface area (Å²) >= 11 is 6.15. The lowest BCUT2D eigenvalue weighted by Gasteiger charge is -2.28. The average molecular weight is 306 g/mol. The van der Waals surface area contributed by atoms with Crippen molar-refractivity contribution >= 4 is 29.1 Å². The van der Waals surface area contributed by atoms with Crippen LogP contribution >= 0.6 is 11.6 Å². The molecule has 0 unspecified atom stereocenters. The van der Waals surface area contributed by atoms with Gasteiger partial charge in [-0.3, -0.25) is 4.98 Å². The van der Waals surface area contributed by atoms with Crippen LogP contribution in [0.3, 0.4) is 0 Å². The highest BCUT2D eigenvalue weighted by Gasteiger charge is 2.16. The molecule has 3 rings (SSSR count). The van der Waals surface area contributed by atoms with Crippen molar-refractivity contribution in [3.8, 4) is 0 Å². The van der Waals surface area contributed by atoms with Gasteiger partial charge in [-0.15, -0.1) is 0 Å². The van der Waals surface area contributed by atoms with Crippen LogP contribution in [0.2, 0.25) is 5.15 Å². The molecule has 0 N–H and O–H groups in total. The smallest absolute Gasteiger partial charge is 0.233 e. The van der Waals surface area contributed by atoms with Gasteiger partial charge in [-0.2, -0.15) is 4.98 Å². The first-order chi connectivity index (χ1) is 10.2. The van der Waals surface area contributed by atoms with Crippen molar-refractivity contribution in [3.63, 3.8) is 0 Å². The minimum atomic E-state index is 0.433. The summed E-state index contributed by atoms with van der Waals surface area (Å²) in [5, 5.41) is 0.433. The number of nitrogens with zero attached hydrogens (tertiary/aromatic N) is 5. The summed E-state index contributed by atoms with van der Waals surface area (Å²) in [6.45, 7) is 3.03. The second-order valence-corrected chi connectivity index (χ2v) is 5.10. The predicted molar refractivity (Wildman–Crippen MR) is 82.4 cm³/mol. The van der Waals surface area contributed by atoms with Gasteiger partial charge in [0, 0.05) is 44.3 Å². The van der Waals surface area contributed by atoms with E-state index in [2.05, 4.69) is 19.9 Å². The number of anilines is 3. The van der Waals surface area contributed by atoms with E-state index in [1.165, 1.54) is 0 Å². The lowest BCUT2D eigenvalue weighted by Crippen LogP contribution is -2.37. The highest BCUT2D eigenvalue weighted by Crippen LogP contribution is 2.24. The molecule has 0 atom stereocenters. The quantitative estimate of drug-likeness (QED) is 0.810. The van der Waals surface area contributed by atoms with E-state index >= 15 is 0 Å². The lowest BCUT2D eigenvalue weighted by atomic mass is 10.4. The minimum absolute atomic E-state index is 0.433. The normalized spacial score (nSPS) is 15.0. The van der Waals surface area contributed by atoms with Crippen molar-refractivity contribution in [3.05, 3.63) is 35.7 Å². The average Bonchev–Trinajstić information content (AvgIpc) is 2.55. The van der Waals surface area contributed by atoms with Crippen LogP contribution in [0, 0.1) is 0 Å². The first kappa shape index (κ1) is 14.0. The molecular weight excluding hydrogens is 290 g/mol. The Hall–Kier alpha value is -1.92. The number of ether oxygens (including phenoxy) is 1. The van der Waals surface area contributed by atoms with Gasteiger partial charge in [0.15, 0.2) is 0 Å². The summed E-state index contributed by atoms with van der Waals surface area (Å²) in [7, 11) is 1.91. The fraction of sp³-hybridized carbons (Fsp3) is 0.357. The van der Waals surface area contributed by atoms with E-state index in [-0.39, 0.29) is 0 Å². The molecule has 2 aromatic heterocycles. The van der Waals surface area contributed by atoms with Gasteiger partial charge >= 0.3 is 0 Å². The van der Waals surface area contributed by atoms with Crippen LogP contribution in [0.1, 0.15) is 0 Å². The van der Waals surface area contributed by atoms with Crippen LogP contribution in [0.25, 0.3) is 0 Å². The third-order valence-electron chi connectivity index (χ3n) is 3.35. The van der Waals surface area contributed by atoms with Crippen LogP contribution in [0.5, 0.6) is 0 Å². The zero-order chi connectivity index (χ0) is 14.7. The molecule has 6 nitrogen and oxygen atoms in total. The van der Waals surface area contributed by atoms with Crippen LogP contribution in [-0.2, 0) is 4.74 Å². The Kier molecular flexibility index (Phi) is 4.17. The van der Waals surface area contributed by atoms with Gasteiger partial charge in [0.1, 0.15) is 11.0 Å². The molecule has 3 heterocycles. The maximum absolute atomic E-state index is 6.15. The van der Waals surface area contributed by atoms with E-state index in [4.69, 9.17) is 16.3 Å². The highest BCUT2D eigenvalue weighted by molar-refractivity contribution is 6.29. The molecule has 7 heteroatoms. The molecule has 0 saturated carbocycles. The molecule has 0 bridgehead atoms. The Labute approximate surface area is 128 Å². The molecule has 0 radical (unpaired) electrons. The van der Waals surface area contributed by atoms with Crippen LogP contribution < -0.4 is 9.80 Å². The molecule has 1 saturated heterocycles. The monoisotopic (exact) mass is 305 g/mol. The minimum Gasteiger partial charge on any atom is -0.378 e. The maximum atomic E-state index is 6.15. The Bertz CT molecular complexity index is 604. The van der Waals surface area contributed by atoms with Gasteiger partial charge in [0.2, 0.25) is 5.95 Å². The summed E-state index contributed by atoms with van der Waals surface area (Å²) < 4.78 is 5.36. The van der Waals surface area contributed by atoms with Gasteiger partial charge < -0.3 is 14.5 Å². The number of halogens is 1. The molecule has 0 spiro atoms. The van der Waals surface area contributed by atoms with Gasteiger partial charge in [-0.05, 0) is 12.1 Å². The molecule has 2 aromatic rings. The maximum Gasteiger partial charge on any atom is 0.233 e. The highest BCUT2D eigenvalue weighted by atomic mass is 35.5. The molecule has 1 aliphatic rings. The van der Waals surface area contributed by atoms with E-state index < -0.39 is 0 Å². The van der Waals surface area contributed by atoms with Gasteiger partial charge in [0.05, 0.1) is 13.2 Å². The molecular formula is C14H16ClN5O. The molecule has 110 valence electrons. The predicted octanol–water partition coefficient (Wildman–Crippen LogP) is 2.13. The van der Waals surface area contributed by atoms with Crippen molar-refractivity contribution < 1.29 is 4.74 Å². The standard InChI is InChI=1S/C14H16ClN5O/c1-19(11-2-4-16-5-3-11)14-17-12(15)10-13(18-14)20-6-8-21-9-7-20/h2-5,10H,6-9H2,1H3. The Morgan fingerprint density at radius 3 is 2.62 bits per heavy atom. The van der Waals surface area contributed by atoms with Crippen LogP contribution in [-0.4, -0.2) is 48.3 Å². The summed E-state index contributed by atoms with van der Waals surface area (Å²) in [5.74, 6) is 1.39.